The number of nitrogens with zero attached hydrogens (tertiary/aromatic N) is 1. The van der Waals surface area contributed by atoms with Gasteiger partial charge in [-0.25, -0.2) is 13.1 Å². The highest BCUT2D eigenvalue weighted by Gasteiger charge is 2.16. The molecule has 3 N–H and O–H groups in total. The van der Waals surface area contributed by atoms with Crippen LogP contribution in [0.4, 0.5) is 5.88 Å². The zero-order valence-corrected chi connectivity index (χ0v) is 11.6. The van der Waals surface area contributed by atoms with Crippen LogP contribution in [0.1, 0.15) is 11.3 Å². The lowest BCUT2D eigenvalue weighted by Gasteiger charge is -2.04. The molecule has 1 aromatic heterocycles. The zero-order valence-electron chi connectivity index (χ0n) is 10.8. The van der Waals surface area contributed by atoms with Crippen LogP contribution in [0, 0.1) is 18.8 Å². The number of hydrogen-bond donors (Lipinski definition) is 2. The van der Waals surface area contributed by atoms with Crippen LogP contribution in [0.2, 0.25) is 0 Å². The van der Waals surface area contributed by atoms with Crippen molar-refractivity contribution in [1.82, 2.24) is 5.16 Å². The highest BCUT2D eigenvalue weighted by Crippen LogP contribution is 2.17. The molecular formula is C13H13N3O3S. The highest BCUT2D eigenvalue weighted by molar-refractivity contribution is 7.92. The zero-order chi connectivity index (χ0) is 14.6. The Bertz CT molecular complexity index is 769. The van der Waals surface area contributed by atoms with Crippen LogP contribution < -0.4 is 10.5 Å². The van der Waals surface area contributed by atoms with Crippen molar-refractivity contribution in [2.75, 3.05) is 11.3 Å². The van der Waals surface area contributed by atoms with Gasteiger partial charge < -0.3 is 10.3 Å². The quantitative estimate of drug-likeness (QED) is 0.825. The molecule has 7 heteroatoms. The smallest absolute Gasteiger partial charge is 0.264 e. The number of hydrogen-bond acceptors (Lipinski definition) is 5. The Labute approximate surface area is 117 Å². The lowest BCUT2D eigenvalue weighted by molar-refractivity contribution is 0.430. The molecule has 0 radical (unpaired) electrons. The van der Waals surface area contributed by atoms with Crippen LogP contribution >= 0.6 is 0 Å². The summed E-state index contributed by atoms with van der Waals surface area (Å²) in [7, 11) is -3.73. The van der Waals surface area contributed by atoms with E-state index in [1.807, 2.05) is 0 Å². The van der Waals surface area contributed by atoms with Crippen molar-refractivity contribution in [1.29, 1.82) is 0 Å². The molecule has 0 bridgehead atoms. The van der Waals surface area contributed by atoms with Crippen molar-refractivity contribution in [3.8, 4) is 11.8 Å². The fraction of sp³-hybridized carbons (Fsp3) is 0.154. The van der Waals surface area contributed by atoms with Gasteiger partial charge in [-0.1, -0.05) is 23.1 Å². The Morgan fingerprint density at radius 2 is 2.20 bits per heavy atom. The number of aromatic nitrogens is 1. The molecular weight excluding hydrogens is 278 g/mol. The normalized spacial score (nSPS) is 10.7. The molecule has 0 saturated carbocycles. The number of sulfonamides is 1. The van der Waals surface area contributed by atoms with Crippen molar-refractivity contribution in [3.05, 3.63) is 41.6 Å². The monoisotopic (exact) mass is 291 g/mol. The van der Waals surface area contributed by atoms with Crippen LogP contribution in [0.3, 0.4) is 0 Å². The van der Waals surface area contributed by atoms with E-state index in [1.54, 1.807) is 19.1 Å². The van der Waals surface area contributed by atoms with Gasteiger partial charge in [-0.15, -0.1) is 0 Å². The first-order valence-corrected chi connectivity index (χ1v) is 7.25. The first kappa shape index (κ1) is 14.1. The number of rotatable bonds is 3. The molecule has 20 heavy (non-hydrogen) atoms. The van der Waals surface area contributed by atoms with Crippen molar-refractivity contribution in [2.45, 2.75) is 11.8 Å². The minimum Gasteiger partial charge on any atom is -0.338 e. The number of anilines is 1. The first-order chi connectivity index (χ1) is 9.51. The van der Waals surface area contributed by atoms with Crippen LogP contribution in [-0.4, -0.2) is 20.1 Å². The van der Waals surface area contributed by atoms with Crippen molar-refractivity contribution >= 4 is 15.9 Å². The van der Waals surface area contributed by atoms with E-state index in [-0.39, 0.29) is 17.3 Å². The second-order valence-corrected chi connectivity index (χ2v) is 5.65. The van der Waals surface area contributed by atoms with Crippen molar-refractivity contribution in [2.24, 2.45) is 5.73 Å². The second-order valence-electron chi connectivity index (χ2n) is 3.97. The molecule has 0 aliphatic carbocycles. The van der Waals surface area contributed by atoms with Crippen molar-refractivity contribution < 1.29 is 12.9 Å². The number of nitrogens with two attached hydrogens (primary N) is 1. The fourth-order valence-corrected chi connectivity index (χ4v) is 2.52. The van der Waals surface area contributed by atoms with Gasteiger partial charge in [0.15, 0.2) is 0 Å². The topological polar surface area (TPSA) is 98.2 Å². The summed E-state index contributed by atoms with van der Waals surface area (Å²) < 4.78 is 31.5. The average molecular weight is 291 g/mol. The summed E-state index contributed by atoms with van der Waals surface area (Å²) >= 11 is 0. The third-order valence-corrected chi connectivity index (χ3v) is 3.69. The second kappa shape index (κ2) is 5.77. The van der Waals surface area contributed by atoms with Gasteiger partial charge in [0, 0.05) is 11.6 Å². The average Bonchev–Trinajstić information content (AvgIpc) is 2.81. The van der Waals surface area contributed by atoms with E-state index in [4.69, 9.17) is 10.3 Å². The lowest BCUT2D eigenvalue weighted by atomic mass is 10.2. The Kier molecular flexibility index (Phi) is 4.08. The van der Waals surface area contributed by atoms with Crippen LogP contribution in [0.15, 0.2) is 39.8 Å². The molecule has 0 unspecified atom stereocenters. The summed E-state index contributed by atoms with van der Waals surface area (Å²) in [6, 6.07) is 7.75. The molecule has 6 nitrogen and oxygen atoms in total. The molecule has 0 amide bonds. The van der Waals surface area contributed by atoms with Gasteiger partial charge in [0.05, 0.1) is 17.1 Å². The van der Waals surface area contributed by atoms with E-state index in [0.717, 1.165) is 0 Å². The molecule has 1 aromatic carbocycles. The van der Waals surface area contributed by atoms with Gasteiger partial charge in [0.25, 0.3) is 10.0 Å². The molecule has 2 aromatic rings. The summed E-state index contributed by atoms with van der Waals surface area (Å²) in [5.41, 5.74) is 6.45. The van der Waals surface area contributed by atoms with Gasteiger partial charge in [-0.2, -0.15) is 0 Å². The maximum atomic E-state index is 12.2. The van der Waals surface area contributed by atoms with Gasteiger partial charge in [-0.05, 0) is 25.1 Å². The molecule has 0 aliphatic heterocycles. The van der Waals surface area contributed by atoms with E-state index in [2.05, 4.69) is 21.7 Å². The summed E-state index contributed by atoms with van der Waals surface area (Å²) in [4.78, 5) is 0.0929. The molecule has 104 valence electrons. The van der Waals surface area contributed by atoms with E-state index >= 15 is 0 Å². The number of benzene rings is 1. The molecule has 0 fully saturated rings. The minimum absolute atomic E-state index is 0.0703. The standard InChI is InChI=1S/C13H13N3O3S/c1-10-8-13(19-15-10)16-20(17,18)12-6-2-4-11(9-12)5-3-7-14/h2,4,6,8-9,16H,7,14H2,1H3. The summed E-state index contributed by atoms with van der Waals surface area (Å²) in [6.07, 6.45) is 0. The fourth-order valence-electron chi connectivity index (χ4n) is 1.50. The Hall–Kier alpha value is -2.30. The van der Waals surface area contributed by atoms with E-state index < -0.39 is 10.0 Å². The summed E-state index contributed by atoms with van der Waals surface area (Å²) in [6.45, 7) is 1.91. The largest absolute Gasteiger partial charge is 0.338 e. The van der Waals surface area contributed by atoms with E-state index in [0.29, 0.717) is 11.3 Å². The van der Waals surface area contributed by atoms with Gasteiger partial charge in [0.2, 0.25) is 5.88 Å². The Morgan fingerprint density at radius 1 is 1.40 bits per heavy atom. The minimum atomic E-state index is -3.73. The molecule has 0 spiro atoms. The van der Waals surface area contributed by atoms with E-state index in [9.17, 15) is 8.42 Å². The summed E-state index contributed by atoms with van der Waals surface area (Å²) in [5, 5.41) is 3.61. The predicted molar refractivity (Wildman–Crippen MR) is 74.4 cm³/mol. The molecule has 2 rings (SSSR count). The van der Waals surface area contributed by atoms with Gasteiger partial charge >= 0.3 is 0 Å². The summed E-state index contributed by atoms with van der Waals surface area (Å²) in [5.74, 6) is 5.52. The maximum Gasteiger partial charge on any atom is 0.264 e. The van der Waals surface area contributed by atoms with Crippen LogP contribution in [0.5, 0.6) is 0 Å². The first-order valence-electron chi connectivity index (χ1n) is 5.76. The van der Waals surface area contributed by atoms with E-state index in [1.165, 1.54) is 18.2 Å². The number of aryl methyl sites for hydroxylation is 1. The predicted octanol–water partition coefficient (Wildman–Crippen LogP) is 1.09. The molecule has 0 atom stereocenters. The Balaban J connectivity index is 2.29. The van der Waals surface area contributed by atoms with Gasteiger partial charge in [0.1, 0.15) is 0 Å². The Morgan fingerprint density at radius 3 is 2.85 bits per heavy atom. The number of nitrogens with one attached hydrogen (secondary N) is 1. The third kappa shape index (κ3) is 3.38. The SMILES string of the molecule is Cc1cc(NS(=O)(=O)c2cccc(C#CCN)c2)on1. The molecule has 1 heterocycles. The molecule has 0 saturated heterocycles. The van der Waals surface area contributed by atoms with Gasteiger partial charge in [-0.3, -0.25) is 0 Å². The van der Waals surface area contributed by atoms with Crippen molar-refractivity contribution in [3.63, 3.8) is 0 Å². The molecule has 0 aliphatic rings. The highest BCUT2D eigenvalue weighted by atomic mass is 32.2. The third-order valence-electron chi connectivity index (χ3n) is 2.34. The lowest BCUT2D eigenvalue weighted by Crippen LogP contribution is -2.12. The van der Waals surface area contributed by atoms with Crippen LogP contribution in [0.25, 0.3) is 0 Å². The van der Waals surface area contributed by atoms with Crippen LogP contribution in [-0.2, 0) is 10.0 Å². The maximum absolute atomic E-state index is 12.2.